The van der Waals surface area contributed by atoms with Crippen LogP contribution >= 0.6 is 0 Å². The molecule has 0 bridgehead atoms. The molecule has 0 radical (unpaired) electrons. The van der Waals surface area contributed by atoms with E-state index in [0.717, 1.165) is 17.0 Å². The third-order valence-electron chi connectivity index (χ3n) is 3.70. The molecule has 6 heteroatoms. The zero-order chi connectivity index (χ0) is 14.9. The summed E-state index contributed by atoms with van der Waals surface area (Å²) in [7, 11) is 0. The number of amides is 1. The maximum Gasteiger partial charge on any atom is 0.272 e. The highest BCUT2D eigenvalue weighted by atomic mass is 16.5. The second-order valence-electron chi connectivity index (χ2n) is 5.15. The maximum atomic E-state index is 12.4. The molecule has 0 saturated carbocycles. The first kappa shape index (κ1) is 12.8. The van der Waals surface area contributed by atoms with Gasteiger partial charge in [-0.05, 0) is 30.3 Å². The molecular weight excluding hydrogens is 280 g/mol. The van der Waals surface area contributed by atoms with Crippen molar-refractivity contribution >= 4 is 11.4 Å². The summed E-state index contributed by atoms with van der Waals surface area (Å²) in [6.45, 7) is 0.564. The molecule has 6 nitrogen and oxygen atoms in total. The zero-order valence-corrected chi connectivity index (χ0v) is 11.8. The highest BCUT2D eigenvalue weighted by Gasteiger charge is 2.25. The van der Waals surface area contributed by atoms with Crippen LogP contribution in [0.5, 0.6) is 5.75 Å². The Hall–Kier alpha value is -2.89. The van der Waals surface area contributed by atoms with Gasteiger partial charge in [-0.3, -0.25) is 9.78 Å². The zero-order valence-electron chi connectivity index (χ0n) is 11.8. The number of nitrogens with one attached hydrogen (secondary N) is 1. The van der Waals surface area contributed by atoms with Gasteiger partial charge in [0.15, 0.2) is 5.69 Å². The van der Waals surface area contributed by atoms with Crippen molar-refractivity contribution in [3.05, 3.63) is 60.2 Å². The second kappa shape index (κ2) is 5.14. The van der Waals surface area contributed by atoms with Crippen LogP contribution in [0.4, 0.5) is 0 Å². The standard InChI is InChI=1S/C16H14N4O2/c21-16(13-10-11-4-1-2-8-20(11)19-13)18-12-6-9-22-14-5-3-7-17-15(12)14/h1-5,7-8,10,12H,6,9H2,(H,18,21). The molecule has 22 heavy (non-hydrogen) atoms. The summed E-state index contributed by atoms with van der Waals surface area (Å²) in [5, 5.41) is 7.28. The van der Waals surface area contributed by atoms with Crippen LogP contribution in [0.2, 0.25) is 0 Å². The fourth-order valence-corrected chi connectivity index (χ4v) is 2.63. The second-order valence-corrected chi connectivity index (χ2v) is 5.15. The highest BCUT2D eigenvalue weighted by Crippen LogP contribution is 2.29. The van der Waals surface area contributed by atoms with E-state index >= 15 is 0 Å². The van der Waals surface area contributed by atoms with E-state index in [4.69, 9.17) is 4.74 Å². The van der Waals surface area contributed by atoms with Gasteiger partial charge < -0.3 is 10.1 Å². The number of hydrogen-bond donors (Lipinski definition) is 1. The molecule has 3 aromatic heterocycles. The van der Waals surface area contributed by atoms with Gasteiger partial charge in [-0.1, -0.05) is 6.07 Å². The van der Waals surface area contributed by atoms with Gasteiger partial charge in [0, 0.05) is 18.8 Å². The summed E-state index contributed by atoms with van der Waals surface area (Å²) in [5.74, 6) is 0.529. The number of aromatic nitrogens is 3. The van der Waals surface area contributed by atoms with Crippen LogP contribution in [0.25, 0.3) is 5.52 Å². The number of ether oxygens (including phenoxy) is 1. The molecule has 1 N–H and O–H groups in total. The van der Waals surface area contributed by atoms with Gasteiger partial charge in [-0.25, -0.2) is 4.52 Å². The fraction of sp³-hybridized carbons (Fsp3) is 0.188. The largest absolute Gasteiger partial charge is 0.491 e. The van der Waals surface area contributed by atoms with Crippen molar-refractivity contribution in [1.29, 1.82) is 0 Å². The normalized spacial score (nSPS) is 16.8. The van der Waals surface area contributed by atoms with Crippen LogP contribution in [0.1, 0.15) is 28.6 Å². The SMILES string of the molecule is O=C(NC1CCOc2cccnc21)c1cc2ccccn2n1. The number of carbonyl (C=O) groups is 1. The average Bonchev–Trinajstić information content (AvgIpc) is 2.99. The van der Waals surface area contributed by atoms with Crippen molar-refractivity contribution in [2.45, 2.75) is 12.5 Å². The van der Waals surface area contributed by atoms with Crippen molar-refractivity contribution in [3.8, 4) is 5.75 Å². The third-order valence-corrected chi connectivity index (χ3v) is 3.70. The van der Waals surface area contributed by atoms with E-state index in [1.54, 1.807) is 16.8 Å². The Bertz CT molecular complexity index is 810. The molecule has 110 valence electrons. The van der Waals surface area contributed by atoms with Crippen molar-refractivity contribution in [2.24, 2.45) is 0 Å². The van der Waals surface area contributed by atoms with Crippen LogP contribution in [0, 0.1) is 0 Å². The Labute approximate surface area is 126 Å². The molecule has 0 aromatic carbocycles. The molecule has 4 heterocycles. The third kappa shape index (κ3) is 2.18. The number of fused-ring (bicyclic) bond motifs is 2. The topological polar surface area (TPSA) is 68.5 Å². The number of rotatable bonds is 2. The first-order chi connectivity index (χ1) is 10.8. The van der Waals surface area contributed by atoms with E-state index in [1.165, 1.54) is 0 Å². The first-order valence-electron chi connectivity index (χ1n) is 7.14. The lowest BCUT2D eigenvalue weighted by Crippen LogP contribution is -2.33. The number of nitrogens with zero attached hydrogens (tertiary/aromatic N) is 3. The van der Waals surface area contributed by atoms with E-state index in [1.807, 2.05) is 36.5 Å². The first-order valence-corrected chi connectivity index (χ1v) is 7.14. The van der Waals surface area contributed by atoms with Gasteiger partial charge in [0.1, 0.15) is 11.4 Å². The Morgan fingerprint density at radius 3 is 3.18 bits per heavy atom. The predicted octanol–water partition coefficient (Wildman–Crippen LogP) is 1.98. The van der Waals surface area contributed by atoms with Crippen molar-refractivity contribution in [1.82, 2.24) is 19.9 Å². The summed E-state index contributed by atoms with van der Waals surface area (Å²) in [5.41, 5.74) is 2.05. The summed E-state index contributed by atoms with van der Waals surface area (Å²) < 4.78 is 7.24. The molecular formula is C16H14N4O2. The van der Waals surface area contributed by atoms with Crippen LogP contribution in [0.15, 0.2) is 48.8 Å². The minimum absolute atomic E-state index is 0.151. The number of carbonyl (C=O) groups excluding carboxylic acids is 1. The Balaban J connectivity index is 1.60. The lowest BCUT2D eigenvalue weighted by Gasteiger charge is -2.25. The molecule has 4 rings (SSSR count). The van der Waals surface area contributed by atoms with Gasteiger partial charge in [0.05, 0.1) is 18.2 Å². The molecule has 3 aromatic rings. The monoisotopic (exact) mass is 294 g/mol. The van der Waals surface area contributed by atoms with Crippen molar-refractivity contribution < 1.29 is 9.53 Å². The quantitative estimate of drug-likeness (QED) is 0.784. The highest BCUT2D eigenvalue weighted by molar-refractivity contribution is 5.93. The Kier molecular flexibility index (Phi) is 3.00. The van der Waals surface area contributed by atoms with Gasteiger partial charge >= 0.3 is 0 Å². The molecule has 0 spiro atoms. The van der Waals surface area contributed by atoms with E-state index < -0.39 is 0 Å². The molecule has 1 atom stereocenters. The van der Waals surface area contributed by atoms with Crippen molar-refractivity contribution in [3.63, 3.8) is 0 Å². The molecule has 1 aliphatic rings. The van der Waals surface area contributed by atoms with Gasteiger partial charge in [0.2, 0.25) is 0 Å². The Morgan fingerprint density at radius 2 is 2.27 bits per heavy atom. The van der Waals surface area contributed by atoms with Gasteiger partial charge in [0.25, 0.3) is 5.91 Å². The average molecular weight is 294 g/mol. The lowest BCUT2D eigenvalue weighted by molar-refractivity contribution is 0.0917. The summed E-state index contributed by atoms with van der Waals surface area (Å²) >= 11 is 0. The number of hydrogen-bond acceptors (Lipinski definition) is 4. The van der Waals surface area contributed by atoms with Crippen molar-refractivity contribution in [2.75, 3.05) is 6.61 Å². The van der Waals surface area contributed by atoms with E-state index in [9.17, 15) is 4.79 Å². The predicted molar refractivity (Wildman–Crippen MR) is 79.7 cm³/mol. The van der Waals surface area contributed by atoms with Crippen LogP contribution in [-0.4, -0.2) is 27.1 Å². The smallest absolute Gasteiger partial charge is 0.272 e. The molecule has 0 saturated heterocycles. The van der Waals surface area contributed by atoms with Crippen LogP contribution in [-0.2, 0) is 0 Å². The van der Waals surface area contributed by atoms with E-state index in [-0.39, 0.29) is 11.9 Å². The fourth-order valence-electron chi connectivity index (χ4n) is 2.63. The summed E-state index contributed by atoms with van der Waals surface area (Å²) in [4.78, 5) is 16.8. The number of pyridine rings is 2. The summed E-state index contributed by atoms with van der Waals surface area (Å²) in [6.07, 6.45) is 4.22. The lowest BCUT2D eigenvalue weighted by atomic mass is 10.1. The minimum Gasteiger partial charge on any atom is -0.491 e. The van der Waals surface area contributed by atoms with E-state index in [0.29, 0.717) is 18.7 Å². The molecule has 1 unspecified atom stereocenters. The van der Waals surface area contributed by atoms with Gasteiger partial charge in [-0.2, -0.15) is 5.10 Å². The van der Waals surface area contributed by atoms with Crippen LogP contribution < -0.4 is 10.1 Å². The van der Waals surface area contributed by atoms with Gasteiger partial charge in [-0.15, -0.1) is 0 Å². The minimum atomic E-state index is -0.202. The molecule has 1 aliphatic heterocycles. The molecule has 0 aliphatic carbocycles. The van der Waals surface area contributed by atoms with E-state index in [2.05, 4.69) is 15.4 Å². The maximum absolute atomic E-state index is 12.4. The molecule has 0 fully saturated rings. The summed E-state index contributed by atoms with van der Waals surface area (Å²) in [6, 6.07) is 11.0. The molecule has 1 amide bonds. The van der Waals surface area contributed by atoms with Crippen LogP contribution in [0.3, 0.4) is 0 Å². The Morgan fingerprint density at radius 1 is 1.32 bits per heavy atom.